The Hall–Kier alpha value is -4.17. The minimum atomic E-state index is -1.13. The molecule has 4 rings (SSSR count). The van der Waals surface area contributed by atoms with E-state index in [2.05, 4.69) is 5.32 Å². The van der Waals surface area contributed by atoms with Crippen LogP contribution < -0.4 is 10.2 Å². The summed E-state index contributed by atoms with van der Waals surface area (Å²) in [6.45, 7) is 5.51. The number of hydrogen-bond acceptors (Lipinski definition) is 4. The van der Waals surface area contributed by atoms with Crippen molar-refractivity contribution in [3.8, 4) is 5.69 Å². The van der Waals surface area contributed by atoms with Crippen molar-refractivity contribution in [2.75, 3.05) is 4.90 Å². The lowest BCUT2D eigenvalue weighted by Crippen LogP contribution is -2.54. The highest BCUT2D eigenvalue weighted by Gasteiger charge is 2.37. The summed E-state index contributed by atoms with van der Waals surface area (Å²) in [5.74, 6) is -2.63. The molecule has 34 heavy (non-hydrogen) atoms. The molecule has 1 aromatic heterocycles. The number of carbonyl (C=O) groups excluding carboxylic acids is 3. The Bertz CT molecular complexity index is 1400. The average Bonchev–Trinajstić information content (AvgIpc) is 3.04. The van der Waals surface area contributed by atoms with Gasteiger partial charge in [-0.05, 0) is 68.8 Å². The molecule has 2 heterocycles. The van der Waals surface area contributed by atoms with Crippen molar-refractivity contribution in [1.29, 1.82) is 0 Å². The molecule has 2 aromatic carbocycles. The quantitative estimate of drug-likeness (QED) is 0.427. The van der Waals surface area contributed by atoms with Crippen LogP contribution in [-0.4, -0.2) is 33.5 Å². The number of carbonyl (C=O) groups is 4. The minimum Gasteiger partial charge on any atom is -0.478 e. The molecule has 1 aliphatic rings. The van der Waals surface area contributed by atoms with E-state index in [-0.39, 0.29) is 16.2 Å². The molecular formula is C25H20ClN3O5. The number of aromatic carboxylic acids is 1. The first kappa shape index (κ1) is 23.0. The van der Waals surface area contributed by atoms with Crippen molar-refractivity contribution in [2.24, 2.45) is 0 Å². The molecule has 1 saturated heterocycles. The van der Waals surface area contributed by atoms with E-state index in [1.165, 1.54) is 18.2 Å². The number of amides is 4. The van der Waals surface area contributed by atoms with Gasteiger partial charge in [0.25, 0.3) is 11.8 Å². The second-order valence-electron chi connectivity index (χ2n) is 7.92. The number of aryl methyl sites for hydroxylation is 2. The lowest BCUT2D eigenvalue weighted by Gasteiger charge is -2.26. The SMILES string of the molecule is Cc1ccc(N2C(=O)NC(=O)/C(=C\c3cc(C)n(-c4ccc(C(=O)O)c(Cl)c4)c3C)C2=O)cc1. The summed E-state index contributed by atoms with van der Waals surface area (Å²) in [5.41, 5.74) is 3.81. The molecule has 2 N–H and O–H groups in total. The van der Waals surface area contributed by atoms with Gasteiger partial charge in [0.15, 0.2) is 0 Å². The number of imide groups is 2. The van der Waals surface area contributed by atoms with Gasteiger partial charge in [-0.3, -0.25) is 14.9 Å². The van der Waals surface area contributed by atoms with Crippen molar-refractivity contribution in [3.05, 3.63) is 87.2 Å². The predicted octanol–water partition coefficient (Wildman–Crippen LogP) is 4.42. The van der Waals surface area contributed by atoms with Crippen LogP contribution in [0.1, 0.15) is 32.9 Å². The normalized spacial score (nSPS) is 15.1. The molecule has 3 aromatic rings. The Morgan fingerprint density at radius 3 is 2.24 bits per heavy atom. The highest BCUT2D eigenvalue weighted by molar-refractivity contribution is 6.39. The summed E-state index contributed by atoms with van der Waals surface area (Å²) in [6.07, 6.45) is 1.44. The van der Waals surface area contributed by atoms with Crippen molar-refractivity contribution in [2.45, 2.75) is 20.8 Å². The third-order valence-corrected chi connectivity index (χ3v) is 5.92. The Labute approximate surface area is 200 Å². The molecule has 0 spiro atoms. The van der Waals surface area contributed by atoms with Gasteiger partial charge in [0.1, 0.15) is 5.57 Å². The highest BCUT2D eigenvalue weighted by Crippen LogP contribution is 2.28. The van der Waals surface area contributed by atoms with E-state index in [1.54, 1.807) is 43.3 Å². The monoisotopic (exact) mass is 477 g/mol. The first-order chi connectivity index (χ1) is 16.1. The van der Waals surface area contributed by atoms with E-state index in [1.807, 2.05) is 18.4 Å². The van der Waals surface area contributed by atoms with E-state index >= 15 is 0 Å². The van der Waals surface area contributed by atoms with Crippen LogP contribution in [0.3, 0.4) is 0 Å². The van der Waals surface area contributed by atoms with Crippen molar-refractivity contribution in [3.63, 3.8) is 0 Å². The number of nitrogens with one attached hydrogen (secondary N) is 1. The van der Waals surface area contributed by atoms with Gasteiger partial charge in [-0.25, -0.2) is 14.5 Å². The maximum Gasteiger partial charge on any atom is 0.337 e. The standard InChI is InChI=1S/C25H20ClN3O5/c1-13-4-6-17(7-5-13)29-23(31)20(22(30)27-25(29)34)11-16-10-14(2)28(15(16)3)18-8-9-19(24(32)33)21(26)12-18/h4-12H,1-3H3,(H,32,33)(H,27,30,34)/b20-11+. The number of aromatic nitrogens is 1. The predicted molar refractivity (Wildman–Crippen MR) is 127 cm³/mol. The smallest absolute Gasteiger partial charge is 0.337 e. The fourth-order valence-electron chi connectivity index (χ4n) is 3.89. The van der Waals surface area contributed by atoms with Crippen LogP contribution in [0.5, 0.6) is 0 Å². The Morgan fingerprint density at radius 2 is 1.62 bits per heavy atom. The molecule has 1 aliphatic heterocycles. The van der Waals surface area contributed by atoms with E-state index in [0.717, 1.165) is 16.2 Å². The molecule has 0 aliphatic carbocycles. The Morgan fingerprint density at radius 1 is 0.971 bits per heavy atom. The van der Waals surface area contributed by atoms with Crippen LogP contribution >= 0.6 is 11.6 Å². The van der Waals surface area contributed by atoms with E-state index < -0.39 is 23.8 Å². The number of halogens is 1. The fourth-order valence-corrected chi connectivity index (χ4v) is 4.14. The first-order valence-corrected chi connectivity index (χ1v) is 10.7. The second-order valence-corrected chi connectivity index (χ2v) is 8.33. The van der Waals surface area contributed by atoms with E-state index in [4.69, 9.17) is 11.6 Å². The Kier molecular flexibility index (Phi) is 5.85. The second kappa shape index (κ2) is 8.64. The summed E-state index contributed by atoms with van der Waals surface area (Å²) >= 11 is 6.14. The van der Waals surface area contributed by atoms with Gasteiger partial charge in [0, 0.05) is 17.1 Å². The van der Waals surface area contributed by atoms with Gasteiger partial charge >= 0.3 is 12.0 Å². The van der Waals surface area contributed by atoms with Crippen LogP contribution in [0, 0.1) is 20.8 Å². The molecular weight excluding hydrogens is 458 g/mol. The van der Waals surface area contributed by atoms with E-state index in [9.17, 15) is 24.3 Å². The summed E-state index contributed by atoms with van der Waals surface area (Å²) in [5, 5.41) is 11.5. The maximum atomic E-state index is 13.2. The van der Waals surface area contributed by atoms with Crippen LogP contribution in [0.25, 0.3) is 11.8 Å². The number of nitrogens with zero attached hydrogens (tertiary/aromatic N) is 2. The summed E-state index contributed by atoms with van der Waals surface area (Å²) in [4.78, 5) is 50.3. The number of hydrogen-bond donors (Lipinski definition) is 2. The lowest BCUT2D eigenvalue weighted by molar-refractivity contribution is -0.122. The largest absolute Gasteiger partial charge is 0.478 e. The molecule has 0 unspecified atom stereocenters. The molecule has 0 saturated carbocycles. The van der Waals surface area contributed by atoms with Gasteiger partial charge in [-0.2, -0.15) is 0 Å². The molecule has 172 valence electrons. The zero-order valence-corrected chi connectivity index (χ0v) is 19.3. The van der Waals surface area contributed by atoms with Crippen LogP contribution in [-0.2, 0) is 9.59 Å². The minimum absolute atomic E-state index is 0.0134. The number of barbiturate groups is 1. The van der Waals surface area contributed by atoms with E-state index in [0.29, 0.717) is 22.6 Å². The van der Waals surface area contributed by atoms with Crippen LogP contribution in [0.2, 0.25) is 5.02 Å². The number of anilines is 1. The molecule has 0 radical (unpaired) electrons. The molecule has 0 bridgehead atoms. The molecule has 9 heteroatoms. The Balaban J connectivity index is 1.75. The number of benzene rings is 2. The van der Waals surface area contributed by atoms with Gasteiger partial charge < -0.3 is 9.67 Å². The van der Waals surface area contributed by atoms with Crippen molar-refractivity contribution < 1.29 is 24.3 Å². The summed E-state index contributed by atoms with van der Waals surface area (Å²) in [6, 6.07) is 12.4. The first-order valence-electron chi connectivity index (χ1n) is 10.3. The molecule has 8 nitrogen and oxygen atoms in total. The van der Waals surface area contributed by atoms with Gasteiger partial charge in [-0.1, -0.05) is 29.3 Å². The van der Waals surface area contributed by atoms with Crippen molar-refractivity contribution in [1.82, 2.24) is 9.88 Å². The number of carboxylic acids is 1. The van der Waals surface area contributed by atoms with Gasteiger partial charge in [0.2, 0.25) is 0 Å². The van der Waals surface area contributed by atoms with Gasteiger partial charge in [0.05, 0.1) is 16.3 Å². The zero-order chi connectivity index (χ0) is 24.7. The fraction of sp³-hybridized carbons (Fsp3) is 0.120. The summed E-state index contributed by atoms with van der Waals surface area (Å²) < 4.78 is 1.83. The zero-order valence-electron chi connectivity index (χ0n) is 18.5. The third kappa shape index (κ3) is 3.99. The highest BCUT2D eigenvalue weighted by atomic mass is 35.5. The van der Waals surface area contributed by atoms with Crippen molar-refractivity contribution >= 4 is 47.2 Å². The molecule has 1 fully saturated rings. The van der Waals surface area contributed by atoms with Crippen LogP contribution in [0.15, 0.2) is 54.1 Å². The molecule has 0 atom stereocenters. The number of rotatable bonds is 4. The average molecular weight is 478 g/mol. The lowest BCUT2D eigenvalue weighted by atomic mass is 10.1. The van der Waals surface area contributed by atoms with Crippen LogP contribution in [0.4, 0.5) is 10.5 Å². The maximum absolute atomic E-state index is 13.2. The number of carboxylic acid groups (broad SMARTS) is 1. The topological polar surface area (TPSA) is 109 Å². The van der Waals surface area contributed by atoms with Gasteiger partial charge in [-0.15, -0.1) is 0 Å². The number of urea groups is 1. The molecule has 4 amide bonds. The third-order valence-electron chi connectivity index (χ3n) is 5.61. The summed E-state index contributed by atoms with van der Waals surface area (Å²) in [7, 11) is 0.